The molecule has 6 nitrogen and oxygen atoms in total. The van der Waals surface area contributed by atoms with Gasteiger partial charge in [0.15, 0.2) is 0 Å². The Morgan fingerprint density at radius 1 is 1.35 bits per heavy atom. The van der Waals surface area contributed by atoms with E-state index in [1.54, 1.807) is 0 Å². The highest BCUT2D eigenvalue weighted by Crippen LogP contribution is 2.32. The molecule has 0 bridgehead atoms. The average molecular weight is 315 g/mol. The Bertz CT molecular complexity index is 648. The van der Waals surface area contributed by atoms with E-state index in [2.05, 4.69) is 31.8 Å². The summed E-state index contributed by atoms with van der Waals surface area (Å²) in [7, 11) is 2.04. The fourth-order valence-corrected chi connectivity index (χ4v) is 3.16. The van der Waals surface area contributed by atoms with E-state index in [9.17, 15) is 0 Å². The van der Waals surface area contributed by atoms with Crippen LogP contribution in [0.5, 0.6) is 0 Å². The summed E-state index contributed by atoms with van der Waals surface area (Å²) in [4.78, 5) is 13.6. The molecule has 124 valence electrons. The largest absolute Gasteiger partial charge is 0.381 e. The molecule has 23 heavy (non-hydrogen) atoms. The SMILES string of the molecule is CCc1cc(NC(c2nccn2C)C2CCOCC2)nc(C)n1. The minimum atomic E-state index is 0.137. The highest BCUT2D eigenvalue weighted by atomic mass is 16.5. The summed E-state index contributed by atoms with van der Waals surface area (Å²) >= 11 is 0. The first-order valence-electron chi connectivity index (χ1n) is 8.33. The summed E-state index contributed by atoms with van der Waals surface area (Å²) in [5.74, 6) is 3.22. The van der Waals surface area contributed by atoms with Gasteiger partial charge in [0, 0.05) is 44.4 Å². The Balaban J connectivity index is 1.89. The quantitative estimate of drug-likeness (QED) is 0.919. The standard InChI is InChI=1S/C17H25N5O/c1-4-14-11-15(20-12(2)19-14)21-16(13-5-9-23-10-6-13)17-18-7-8-22(17)3/h7-8,11,13,16H,4-6,9-10H2,1-3H3,(H,19,20,21). The smallest absolute Gasteiger partial charge is 0.131 e. The number of aryl methyl sites for hydroxylation is 3. The van der Waals surface area contributed by atoms with Crippen LogP contribution in [0.1, 0.15) is 43.1 Å². The molecule has 1 unspecified atom stereocenters. The van der Waals surface area contributed by atoms with Crippen LogP contribution in [0.25, 0.3) is 0 Å². The van der Waals surface area contributed by atoms with Crippen molar-refractivity contribution < 1.29 is 4.74 Å². The predicted molar refractivity (Wildman–Crippen MR) is 89.3 cm³/mol. The molecule has 0 amide bonds. The minimum absolute atomic E-state index is 0.137. The molecule has 2 aromatic rings. The van der Waals surface area contributed by atoms with Crippen LogP contribution < -0.4 is 5.32 Å². The lowest BCUT2D eigenvalue weighted by Gasteiger charge is -2.31. The van der Waals surface area contributed by atoms with Gasteiger partial charge in [0.2, 0.25) is 0 Å². The van der Waals surface area contributed by atoms with E-state index in [0.717, 1.165) is 55.6 Å². The average Bonchev–Trinajstić information content (AvgIpc) is 2.98. The molecule has 1 aliphatic rings. The molecule has 1 saturated heterocycles. The number of nitrogens with zero attached hydrogens (tertiary/aromatic N) is 4. The zero-order valence-corrected chi connectivity index (χ0v) is 14.1. The molecular weight excluding hydrogens is 290 g/mol. The van der Waals surface area contributed by atoms with Crippen molar-refractivity contribution in [2.75, 3.05) is 18.5 Å². The number of hydrogen-bond donors (Lipinski definition) is 1. The summed E-state index contributed by atoms with van der Waals surface area (Å²) in [5.41, 5.74) is 1.06. The molecule has 0 aromatic carbocycles. The number of rotatable bonds is 5. The number of hydrogen-bond acceptors (Lipinski definition) is 5. The van der Waals surface area contributed by atoms with Gasteiger partial charge in [-0.25, -0.2) is 15.0 Å². The summed E-state index contributed by atoms with van der Waals surface area (Å²) in [5, 5.41) is 3.62. The Morgan fingerprint density at radius 3 is 2.78 bits per heavy atom. The molecule has 3 heterocycles. The van der Waals surface area contributed by atoms with E-state index in [1.807, 2.05) is 32.4 Å². The number of imidazole rings is 1. The van der Waals surface area contributed by atoms with Crippen LogP contribution in [0.3, 0.4) is 0 Å². The monoisotopic (exact) mass is 315 g/mol. The highest BCUT2D eigenvalue weighted by Gasteiger charge is 2.28. The topological polar surface area (TPSA) is 64.9 Å². The van der Waals surface area contributed by atoms with Gasteiger partial charge in [0.1, 0.15) is 17.5 Å². The van der Waals surface area contributed by atoms with E-state index in [4.69, 9.17) is 4.74 Å². The molecular formula is C17H25N5O. The molecule has 1 N–H and O–H groups in total. The van der Waals surface area contributed by atoms with Gasteiger partial charge in [0.25, 0.3) is 0 Å². The lowest BCUT2D eigenvalue weighted by atomic mass is 9.91. The first kappa shape index (κ1) is 15.9. The maximum Gasteiger partial charge on any atom is 0.131 e. The van der Waals surface area contributed by atoms with Crippen molar-refractivity contribution in [3.63, 3.8) is 0 Å². The van der Waals surface area contributed by atoms with E-state index < -0.39 is 0 Å². The van der Waals surface area contributed by atoms with Gasteiger partial charge < -0.3 is 14.6 Å². The number of ether oxygens (including phenoxy) is 1. The van der Waals surface area contributed by atoms with Crippen molar-refractivity contribution in [1.82, 2.24) is 19.5 Å². The van der Waals surface area contributed by atoms with Gasteiger partial charge in [-0.3, -0.25) is 0 Å². The Hall–Kier alpha value is -1.95. The molecule has 0 radical (unpaired) electrons. The van der Waals surface area contributed by atoms with Crippen molar-refractivity contribution in [2.24, 2.45) is 13.0 Å². The molecule has 1 aliphatic heterocycles. The van der Waals surface area contributed by atoms with Gasteiger partial charge in [-0.05, 0) is 32.1 Å². The van der Waals surface area contributed by atoms with Gasteiger partial charge in [-0.2, -0.15) is 0 Å². The number of aromatic nitrogens is 4. The van der Waals surface area contributed by atoms with Crippen LogP contribution in [0, 0.1) is 12.8 Å². The second-order valence-electron chi connectivity index (χ2n) is 6.11. The van der Waals surface area contributed by atoms with Crippen molar-refractivity contribution in [2.45, 2.75) is 39.2 Å². The fourth-order valence-electron chi connectivity index (χ4n) is 3.16. The first-order chi connectivity index (χ1) is 11.2. The summed E-state index contributed by atoms with van der Waals surface area (Å²) in [6.45, 7) is 5.68. The Kier molecular flexibility index (Phi) is 4.91. The normalized spacial score (nSPS) is 17.2. The van der Waals surface area contributed by atoms with Gasteiger partial charge in [0.05, 0.1) is 6.04 Å². The molecule has 1 fully saturated rings. The predicted octanol–water partition coefficient (Wildman–Crippen LogP) is 2.66. The fraction of sp³-hybridized carbons (Fsp3) is 0.588. The number of nitrogens with one attached hydrogen (secondary N) is 1. The van der Waals surface area contributed by atoms with Gasteiger partial charge in [-0.15, -0.1) is 0 Å². The second kappa shape index (κ2) is 7.08. The van der Waals surface area contributed by atoms with Crippen molar-refractivity contribution >= 4 is 5.82 Å². The van der Waals surface area contributed by atoms with Crippen LogP contribution in [0.4, 0.5) is 5.82 Å². The maximum absolute atomic E-state index is 5.52. The molecule has 1 atom stereocenters. The molecule has 3 rings (SSSR count). The number of anilines is 1. The third-order valence-electron chi connectivity index (χ3n) is 4.43. The zero-order chi connectivity index (χ0) is 16.2. The van der Waals surface area contributed by atoms with Crippen LogP contribution >= 0.6 is 0 Å². The van der Waals surface area contributed by atoms with E-state index in [1.165, 1.54) is 0 Å². The molecule has 0 saturated carbocycles. The third kappa shape index (κ3) is 3.69. The van der Waals surface area contributed by atoms with Crippen molar-refractivity contribution in [3.05, 3.63) is 35.8 Å². The highest BCUT2D eigenvalue weighted by molar-refractivity contribution is 5.38. The maximum atomic E-state index is 5.52. The minimum Gasteiger partial charge on any atom is -0.381 e. The Labute approximate surface area is 137 Å². The summed E-state index contributed by atoms with van der Waals surface area (Å²) in [6, 6.07) is 2.18. The van der Waals surface area contributed by atoms with Crippen LogP contribution in [-0.4, -0.2) is 32.7 Å². The van der Waals surface area contributed by atoms with Crippen LogP contribution in [0.15, 0.2) is 18.5 Å². The Morgan fingerprint density at radius 2 is 2.13 bits per heavy atom. The third-order valence-corrected chi connectivity index (χ3v) is 4.43. The van der Waals surface area contributed by atoms with E-state index >= 15 is 0 Å². The van der Waals surface area contributed by atoms with Gasteiger partial charge in [-0.1, -0.05) is 6.92 Å². The van der Waals surface area contributed by atoms with Crippen molar-refractivity contribution in [3.8, 4) is 0 Å². The first-order valence-corrected chi connectivity index (χ1v) is 8.33. The summed E-state index contributed by atoms with van der Waals surface area (Å²) in [6.07, 6.45) is 6.82. The van der Waals surface area contributed by atoms with E-state index in [-0.39, 0.29) is 6.04 Å². The lowest BCUT2D eigenvalue weighted by Crippen LogP contribution is -2.29. The summed E-state index contributed by atoms with van der Waals surface area (Å²) < 4.78 is 7.61. The van der Waals surface area contributed by atoms with Crippen LogP contribution in [0.2, 0.25) is 0 Å². The molecule has 2 aromatic heterocycles. The zero-order valence-electron chi connectivity index (χ0n) is 14.1. The molecule has 0 aliphatic carbocycles. The molecule has 0 spiro atoms. The lowest BCUT2D eigenvalue weighted by molar-refractivity contribution is 0.0594. The van der Waals surface area contributed by atoms with E-state index in [0.29, 0.717) is 5.92 Å². The van der Waals surface area contributed by atoms with Gasteiger partial charge >= 0.3 is 0 Å². The van der Waals surface area contributed by atoms with Crippen LogP contribution in [-0.2, 0) is 18.2 Å². The molecule has 6 heteroatoms. The van der Waals surface area contributed by atoms with Crippen molar-refractivity contribution in [1.29, 1.82) is 0 Å². The second-order valence-corrected chi connectivity index (χ2v) is 6.11.